The molecule has 20 heavy (non-hydrogen) atoms. The van der Waals surface area contributed by atoms with Gasteiger partial charge in [0, 0.05) is 18.2 Å². The molecule has 2 rings (SSSR count). The van der Waals surface area contributed by atoms with Gasteiger partial charge in [0.05, 0.1) is 4.92 Å². The summed E-state index contributed by atoms with van der Waals surface area (Å²) in [5, 5.41) is 13.9. The average Bonchev–Trinajstić information content (AvgIpc) is 2.53. The maximum absolute atomic E-state index is 13.6. The van der Waals surface area contributed by atoms with Gasteiger partial charge in [0.1, 0.15) is 11.5 Å². The van der Waals surface area contributed by atoms with Gasteiger partial charge in [-0.25, -0.2) is 4.39 Å². The standard InChI is InChI=1S/C14H18F2N2O2/c1-9-5-3-2-4-6-12(9)17-13-8-10(15)7-11(16)14(13)18(19)20/h7-9,12,17H,2-6H2,1H3. The third-order valence-corrected chi connectivity index (χ3v) is 3.91. The minimum absolute atomic E-state index is 0.0115. The largest absolute Gasteiger partial charge is 0.376 e. The van der Waals surface area contributed by atoms with Crippen molar-refractivity contribution < 1.29 is 13.7 Å². The molecule has 0 amide bonds. The van der Waals surface area contributed by atoms with Gasteiger partial charge in [0.2, 0.25) is 5.82 Å². The van der Waals surface area contributed by atoms with E-state index in [-0.39, 0.29) is 11.7 Å². The summed E-state index contributed by atoms with van der Waals surface area (Å²) < 4.78 is 26.9. The van der Waals surface area contributed by atoms with Crippen molar-refractivity contribution >= 4 is 11.4 Å². The minimum atomic E-state index is -1.14. The Morgan fingerprint density at radius 1 is 1.25 bits per heavy atom. The number of hydrogen-bond acceptors (Lipinski definition) is 3. The molecule has 0 heterocycles. The van der Waals surface area contributed by atoms with Crippen LogP contribution in [0.5, 0.6) is 0 Å². The maximum atomic E-state index is 13.6. The van der Waals surface area contributed by atoms with E-state index in [4.69, 9.17) is 0 Å². The van der Waals surface area contributed by atoms with Crippen molar-refractivity contribution in [3.63, 3.8) is 0 Å². The van der Waals surface area contributed by atoms with Crippen LogP contribution in [0.2, 0.25) is 0 Å². The number of anilines is 1. The Labute approximate surface area is 116 Å². The Morgan fingerprint density at radius 3 is 2.65 bits per heavy atom. The van der Waals surface area contributed by atoms with Crippen LogP contribution in [-0.4, -0.2) is 11.0 Å². The summed E-state index contributed by atoms with van der Waals surface area (Å²) in [6.07, 6.45) is 5.15. The molecule has 1 fully saturated rings. The lowest BCUT2D eigenvalue weighted by Crippen LogP contribution is -2.26. The molecule has 6 heteroatoms. The van der Waals surface area contributed by atoms with Crippen LogP contribution in [0.4, 0.5) is 20.2 Å². The third kappa shape index (κ3) is 3.23. The van der Waals surface area contributed by atoms with Crippen LogP contribution in [0, 0.1) is 27.7 Å². The second kappa shape index (κ2) is 6.15. The molecule has 0 spiro atoms. The van der Waals surface area contributed by atoms with Gasteiger partial charge in [0.25, 0.3) is 0 Å². The first kappa shape index (κ1) is 14.7. The summed E-state index contributed by atoms with van der Waals surface area (Å²) >= 11 is 0. The minimum Gasteiger partial charge on any atom is -0.376 e. The Bertz CT molecular complexity index is 508. The zero-order valence-electron chi connectivity index (χ0n) is 11.4. The molecule has 0 saturated heterocycles. The van der Waals surface area contributed by atoms with E-state index < -0.39 is 22.2 Å². The van der Waals surface area contributed by atoms with Gasteiger partial charge in [-0.15, -0.1) is 0 Å². The molecule has 0 bridgehead atoms. The summed E-state index contributed by atoms with van der Waals surface area (Å²) in [4.78, 5) is 10.1. The maximum Gasteiger partial charge on any atom is 0.327 e. The van der Waals surface area contributed by atoms with Crippen molar-refractivity contribution in [2.45, 2.75) is 45.1 Å². The van der Waals surface area contributed by atoms with Gasteiger partial charge >= 0.3 is 5.69 Å². The smallest absolute Gasteiger partial charge is 0.327 e. The highest BCUT2D eigenvalue weighted by Gasteiger charge is 2.26. The van der Waals surface area contributed by atoms with Crippen molar-refractivity contribution in [1.29, 1.82) is 0 Å². The first-order valence-electron chi connectivity index (χ1n) is 6.89. The zero-order chi connectivity index (χ0) is 14.7. The molecular formula is C14H18F2N2O2. The predicted octanol–water partition coefficient (Wildman–Crippen LogP) is 4.25. The molecule has 110 valence electrons. The fourth-order valence-corrected chi connectivity index (χ4v) is 2.77. The molecule has 2 unspecified atom stereocenters. The summed E-state index contributed by atoms with van der Waals surface area (Å²) in [6.45, 7) is 2.06. The normalized spacial score (nSPS) is 23.1. The Hall–Kier alpha value is -1.72. The van der Waals surface area contributed by atoms with Gasteiger partial charge in [-0.1, -0.05) is 26.2 Å². The fourth-order valence-electron chi connectivity index (χ4n) is 2.77. The number of nitro benzene ring substituents is 1. The van der Waals surface area contributed by atoms with Gasteiger partial charge in [0.15, 0.2) is 0 Å². The van der Waals surface area contributed by atoms with Crippen LogP contribution in [0.25, 0.3) is 0 Å². The molecule has 2 atom stereocenters. The Kier molecular flexibility index (Phi) is 4.52. The van der Waals surface area contributed by atoms with Crippen LogP contribution in [-0.2, 0) is 0 Å². The number of halogens is 2. The lowest BCUT2D eigenvalue weighted by atomic mass is 9.96. The molecule has 1 aliphatic carbocycles. The van der Waals surface area contributed by atoms with Gasteiger partial charge in [-0.3, -0.25) is 10.1 Å². The van der Waals surface area contributed by atoms with Crippen molar-refractivity contribution in [1.82, 2.24) is 0 Å². The lowest BCUT2D eigenvalue weighted by Gasteiger charge is -2.23. The van der Waals surface area contributed by atoms with E-state index in [0.29, 0.717) is 12.0 Å². The molecule has 0 aliphatic heterocycles. The van der Waals surface area contributed by atoms with Crippen molar-refractivity contribution in [3.8, 4) is 0 Å². The van der Waals surface area contributed by atoms with E-state index in [1.807, 2.05) is 0 Å². The van der Waals surface area contributed by atoms with E-state index >= 15 is 0 Å². The Morgan fingerprint density at radius 2 is 1.95 bits per heavy atom. The van der Waals surface area contributed by atoms with Gasteiger partial charge in [-0.05, 0) is 18.8 Å². The van der Waals surface area contributed by atoms with Crippen molar-refractivity contribution in [3.05, 3.63) is 33.9 Å². The molecule has 1 aliphatic rings. The summed E-state index contributed by atoms with van der Waals surface area (Å²) in [6, 6.07) is 1.55. The molecule has 0 aromatic heterocycles. The summed E-state index contributed by atoms with van der Waals surface area (Å²) in [7, 11) is 0. The molecule has 0 radical (unpaired) electrons. The number of nitro groups is 1. The van der Waals surface area contributed by atoms with Crippen LogP contribution in [0.3, 0.4) is 0 Å². The van der Waals surface area contributed by atoms with Crippen molar-refractivity contribution in [2.24, 2.45) is 5.92 Å². The number of nitrogens with zero attached hydrogens (tertiary/aromatic N) is 1. The molecule has 1 N–H and O–H groups in total. The highest BCUT2D eigenvalue weighted by molar-refractivity contribution is 5.62. The summed E-state index contributed by atoms with van der Waals surface area (Å²) in [5.74, 6) is -1.63. The SMILES string of the molecule is CC1CCCCCC1Nc1cc(F)cc(F)c1[N+](=O)[O-]. The highest BCUT2D eigenvalue weighted by atomic mass is 19.1. The monoisotopic (exact) mass is 284 g/mol. The topological polar surface area (TPSA) is 55.2 Å². The molecular weight excluding hydrogens is 266 g/mol. The molecule has 1 aromatic rings. The Balaban J connectivity index is 2.29. The molecule has 1 saturated carbocycles. The summed E-state index contributed by atoms with van der Waals surface area (Å²) in [5.41, 5.74) is -0.742. The van der Waals surface area contributed by atoms with E-state index in [1.165, 1.54) is 0 Å². The first-order chi connectivity index (χ1) is 9.49. The van der Waals surface area contributed by atoms with Gasteiger partial charge in [-0.2, -0.15) is 4.39 Å². The van der Waals surface area contributed by atoms with E-state index in [2.05, 4.69) is 12.2 Å². The van der Waals surface area contributed by atoms with E-state index in [0.717, 1.165) is 38.2 Å². The average molecular weight is 284 g/mol. The van der Waals surface area contributed by atoms with Crippen LogP contribution >= 0.6 is 0 Å². The fraction of sp³-hybridized carbons (Fsp3) is 0.571. The number of nitrogens with one attached hydrogen (secondary N) is 1. The van der Waals surface area contributed by atoms with Crippen molar-refractivity contribution in [2.75, 3.05) is 5.32 Å². The quantitative estimate of drug-likeness (QED) is 0.512. The number of hydrogen-bond donors (Lipinski definition) is 1. The number of benzene rings is 1. The number of rotatable bonds is 3. The molecule has 4 nitrogen and oxygen atoms in total. The second-order valence-corrected chi connectivity index (χ2v) is 5.41. The third-order valence-electron chi connectivity index (χ3n) is 3.91. The van der Waals surface area contributed by atoms with Crippen LogP contribution < -0.4 is 5.32 Å². The second-order valence-electron chi connectivity index (χ2n) is 5.41. The van der Waals surface area contributed by atoms with Crippen LogP contribution in [0.1, 0.15) is 39.0 Å². The van der Waals surface area contributed by atoms with Gasteiger partial charge < -0.3 is 5.32 Å². The zero-order valence-corrected chi connectivity index (χ0v) is 11.4. The predicted molar refractivity (Wildman–Crippen MR) is 72.7 cm³/mol. The van der Waals surface area contributed by atoms with E-state index in [1.54, 1.807) is 0 Å². The first-order valence-corrected chi connectivity index (χ1v) is 6.89. The highest BCUT2D eigenvalue weighted by Crippen LogP contribution is 2.32. The van der Waals surface area contributed by atoms with Crippen LogP contribution in [0.15, 0.2) is 12.1 Å². The molecule has 1 aromatic carbocycles. The van der Waals surface area contributed by atoms with E-state index in [9.17, 15) is 18.9 Å². The lowest BCUT2D eigenvalue weighted by molar-refractivity contribution is -0.386.